The molecule has 112 valence electrons. The van der Waals surface area contributed by atoms with Crippen LogP contribution in [-0.2, 0) is 0 Å². The van der Waals surface area contributed by atoms with Crippen LogP contribution >= 0.6 is 0 Å². The maximum atomic E-state index is 3.56. The predicted octanol–water partition coefficient (Wildman–Crippen LogP) is 2.18. The molecule has 0 radical (unpaired) electrons. The number of nitrogens with zero attached hydrogens (tertiary/aromatic N) is 2. The summed E-state index contributed by atoms with van der Waals surface area (Å²) in [6.45, 7) is 14.6. The topological polar surface area (TPSA) is 18.5 Å². The van der Waals surface area contributed by atoms with Gasteiger partial charge in [0.2, 0.25) is 0 Å². The quantitative estimate of drug-likeness (QED) is 0.824. The minimum atomic E-state index is 0.695. The molecule has 0 bridgehead atoms. The lowest BCUT2D eigenvalue weighted by atomic mass is 9.95. The molecule has 2 heterocycles. The summed E-state index contributed by atoms with van der Waals surface area (Å²) in [7, 11) is 0. The van der Waals surface area contributed by atoms with E-state index < -0.39 is 0 Å². The van der Waals surface area contributed by atoms with Gasteiger partial charge in [-0.1, -0.05) is 6.92 Å². The molecule has 0 aromatic heterocycles. The minimum absolute atomic E-state index is 0.695. The molecule has 0 aliphatic carbocycles. The fraction of sp³-hybridized carbons (Fsp3) is 1.00. The van der Waals surface area contributed by atoms with E-state index in [0.29, 0.717) is 6.04 Å². The highest BCUT2D eigenvalue weighted by Crippen LogP contribution is 2.22. The van der Waals surface area contributed by atoms with Crippen LogP contribution in [0.2, 0.25) is 0 Å². The van der Waals surface area contributed by atoms with Crippen LogP contribution in [0.15, 0.2) is 0 Å². The Hall–Kier alpha value is -0.120. The fourth-order valence-electron chi connectivity index (χ4n) is 3.73. The Morgan fingerprint density at radius 1 is 1.21 bits per heavy atom. The first-order valence-corrected chi connectivity index (χ1v) is 8.39. The Bertz CT molecular complexity index is 240. The van der Waals surface area contributed by atoms with E-state index in [4.69, 9.17) is 0 Å². The summed E-state index contributed by atoms with van der Waals surface area (Å²) in [5.41, 5.74) is 0. The second-order valence-corrected chi connectivity index (χ2v) is 6.67. The Balaban J connectivity index is 1.85. The van der Waals surface area contributed by atoms with E-state index >= 15 is 0 Å². The van der Waals surface area contributed by atoms with Gasteiger partial charge < -0.3 is 10.2 Å². The largest absolute Gasteiger partial charge is 0.316 e. The van der Waals surface area contributed by atoms with Crippen molar-refractivity contribution in [3.63, 3.8) is 0 Å². The first kappa shape index (κ1) is 15.3. The molecule has 0 aromatic rings. The van der Waals surface area contributed by atoms with Crippen molar-refractivity contribution in [2.75, 3.05) is 39.3 Å². The van der Waals surface area contributed by atoms with Crippen molar-refractivity contribution in [2.24, 2.45) is 5.92 Å². The minimum Gasteiger partial charge on any atom is -0.316 e. The molecule has 2 fully saturated rings. The zero-order valence-electron chi connectivity index (χ0n) is 13.2. The third-order valence-corrected chi connectivity index (χ3v) is 5.00. The van der Waals surface area contributed by atoms with Crippen LogP contribution in [0.5, 0.6) is 0 Å². The van der Waals surface area contributed by atoms with Crippen molar-refractivity contribution in [1.82, 2.24) is 15.1 Å². The molecule has 0 amide bonds. The summed E-state index contributed by atoms with van der Waals surface area (Å²) < 4.78 is 0. The van der Waals surface area contributed by atoms with Gasteiger partial charge in [0.25, 0.3) is 0 Å². The van der Waals surface area contributed by atoms with Gasteiger partial charge >= 0.3 is 0 Å². The normalized spacial score (nSPS) is 27.3. The zero-order chi connectivity index (χ0) is 13.7. The van der Waals surface area contributed by atoms with E-state index in [9.17, 15) is 0 Å². The maximum Gasteiger partial charge on any atom is 0.0122 e. The van der Waals surface area contributed by atoms with E-state index in [0.717, 1.165) is 12.0 Å². The average Bonchev–Trinajstić information content (AvgIpc) is 2.46. The monoisotopic (exact) mass is 267 g/mol. The Morgan fingerprint density at radius 3 is 2.47 bits per heavy atom. The second kappa shape index (κ2) is 7.61. The molecule has 3 nitrogen and oxygen atoms in total. The van der Waals surface area contributed by atoms with E-state index in [2.05, 4.69) is 35.9 Å². The molecule has 19 heavy (non-hydrogen) atoms. The SMILES string of the molecule is CCN1CCC(N(CC2CCCNC2)C(C)C)CC1. The molecule has 3 heteroatoms. The third kappa shape index (κ3) is 4.44. The van der Waals surface area contributed by atoms with Crippen LogP contribution in [-0.4, -0.2) is 61.2 Å². The lowest BCUT2D eigenvalue weighted by molar-refractivity contribution is 0.0681. The molecule has 1 atom stereocenters. The fourth-order valence-corrected chi connectivity index (χ4v) is 3.73. The molecular weight excluding hydrogens is 234 g/mol. The van der Waals surface area contributed by atoms with Crippen molar-refractivity contribution in [2.45, 2.75) is 58.5 Å². The molecule has 0 aromatic carbocycles. The highest BCUT2D eigenvalue weighted by molar-refractivity contribution is 4.84. The summed E-state index contributed by atoms with van der Waals surface area (Å²) >= 11 is 0. The number of likely N-dealkylation sites (tertiary alicyclic amines) is 1. The Kier molecular flexibility index (Phi) is 6.11. The number of nitrogens with one attached hydrogen (secondary N) is 1. The smallest absolute Gasteiger partial charge is 0.0122 e. The van der Waals surface area contributed by atoms with Crippen LogP contribution in [0.25, 0.3) is 0 Å². The molecule has 0 spiro atoms. The van der Waals surface area contributed by atoms with Crippen LogP contribution in [0.3, 0.4) is 0 Å². The Labute approximate surface area is 119 Å². The van der Waals surface area contributed by atoms with Crippen LogP contribution in [0, 0.1) is 5.92 Å². The number of rotatable bonds is 5. The Morgan fingerprint density at radius 2 is 1.95 bits per heavy atom. The molecule has 2 rings (SSSR count). The van der Waals surface area contributed by atoms with Gasteiger partial charge in [-0.05, 0) is 78.2 Å². The lowest BCUT2D eigenvalue weighted by Crippen LogP contribution is -2.50. The van der Waals surface area contributed by atoms with Crippen molar-refractivity contribution >= 4 is 0 Å². The van der Waals surface area contributed by atoms with E-state index in [1.165, 1.54) is 65.0 Å². The molecule has 2 saturated heterocycles. The van der Waals surface area contributed by atoms with Crippen LogP contribution in [0.1, 0.15) is 46.5 Å². The van der Waals surface area contributed by atoms with Gasteiger partial charge in [-0.2, -0.15) is 0 Å². The second-order valence-electron chi connectivity index (χ2n) is 6.67. The van der Waals surface area contributed by atoms with Gasteiger partial charge in [0.05, 0.1) is 0 Å². The van der Waals surface area contributed by atoms with Crippen molar-refractivity contribution in [1.29, 1.82) is 0 Å². The highest BCUT2D eigenvalue weighted by Gasteiger charge is 2.28. The molecule has 1 unspecified atom stereocenters. The molecular formula is C16H33N3. The molecule has 1 N–H and O–H groups in total. The number of hydrogen-bond acceptors (Lipinski definition) is 3. The maximum absolute atomic E-state index is 3.56. The zero-order valence-corrected chi connectivity index (χ0v) is 13.2. The van der Waals surface area contributed by atoms with Crippen LogP contribution in [0.4, 0.5) is 0 Å². The van der Waals surface area contributed by atoms with Crippen molar-refractivity contribution < 1.29 is 0 Å². The van der Waals surface area contributed by atoms with Gasteiger partial charge in [0.1, 0.15) is 0 Å². The van der Waals surface area contributed by atoms with Crippen molar-refractivity contribution in [3.8, 4) is 0 Å². The lowest BCUT2D eigenvalue weighted by Gasteiger charge is -2.42. The van der Waals surface area contributed by atoms with E-state index in [1.54, 1.807) is 0 Å². The van der Waals surface area contributed by atoms with E-state index in [1.807, 2.05) is 0 Å². The predicted molar refractivity (Wildman–Crippen MR) is 82.6 cm³/mol. The molecule has 2 aliphatic rings. The molecule has 2 aliphatic heterocycles. The first-order chi connectivity index (χ1) is 9.20. The van der Waals surface area contributed by atoms with Crippen LogP contribution < -0.4 is 5.32 Å². The molecule has 0 saturated carbocycles. The standard InChI is InChI=1S/C16H33N3/c1-4-18-10-7-16(8-11-18)19(14(2)3)13-15-6-5-9-17-12-15/h14-17H,4-13H2,1-3H3. The van der Waals surface area contributed by atoms with Crippen molar-refractivity contribution in [3.05, 3.63) is 0 Å². The summed E-state index contributed by atoms with van der Waals surface area (Å²) in [6.07, 6.45) is 5.52. The summed E-state index contributed by atoms with van der Waals surface area (Å²) in [5, 5.41) is 3.56. The summed E-state index contributed by atoms with van der Waals surface area (Å²) in [6, 6.07) is 1.52. The highest BCUT2D eigenvalue weighted by atomic mass is 15.2. The van der Waals surface area contributed by atoms with Gasteiger partial charge in [-0.3, -0.25) is 4.90 Å². The van der Waals surface area contributed by atoms with E-state index in [-0.39, 0.29) is 0 Å². The van der Waals surface area contributed by atoms with Gasteiger partial charge in [0, 0.05) is 18.6 Å². The van der Waals surface area contributed by atoms with Gasteiger partial charge in [-0.15, -0.1) is 0 Å². The summed E-state index contributed by atoms with van der Waals surface area (Å²) in [4.78, 5) is 5.39. The first-order valence-electron chi connectivity index (χ1n) is 8.39. The third-order valence-electron chi connectivity index (χ3n) is 5.00. The van der Waals surface area contributed by atoms with Gasteiger partial charge in [-0.25, -0.2) is 0 Å². The van der Waals surface area contributed by atoms with Gasteiger partial charge in [0.15, 0.2) is 0 Å². The summed E-state index contributed by atoms with van der Waals surface area (Å²) in [5.74, 6) is 0.875. The average molecular weight is 267 g/mol. The number of hydrogen-bond donors (Lipinski definition) is 1. The number of piperidine rings is 2.